The lowest BCUT2D eigenvalue weighted by Gasteiger charge is -1.79. The summed E-state index contributed by atoms with van der Waals surface area (Å²) in [6.45, 7) is 0. The van der Waals surface area contributed by atoms with Crippen molar-refractivity contribution < 1.29 is 0 Å². The second-order valence-corrected chi connectivity index (χ2v) is 1.21. The van der Waals surface area contributed by atoms with Crippen LogP contribution in [0.5, 0.6) is 0 Å². The average Bonchev–Trinajstić information content (AvgIpc) is 1.69. The Labute approximate surface area is 44.9 Å². The summed E-state index contributed by atoms with van der Waals surface area (Å²) < 4.78 is 0. The monoisotopic (exact) mass is 90.0 g/mol. The zero-order chi connectivity index (χ0) is 5.54. The maximum Gasteiger partial charge on any atom is 0.0108 e. The Bertz CT molecular complexity index is 84.2. The predicted octanol–water partition coefficient (Wildman–Crippen LogP) is 1.34. The van der Waals surface area contributed by atoms with E-state index in [-0.39, 0.29) is 0 Å². The molecule has 0 aromatic rings. The number of unbranched alkanes of at least 4 members (excludes halogenated alkanes) is 2. The Morgan fingerprint density at radius 3 is 1.71 bits per heavy atom. The molecular weight excluding hydrogens is 84.1 g/mol. The van der Waals surface area contributed by atoms with E-state index in [9.17, 15) is 0 Å². The lowest BCUT2D eigenvalue weighted by atomic mass is 10.2. The van der Waals surface area contributed by atoms with Crippen molar-refractivity contribution in [2.75, 3.05) is 0 Å². The van der Waals surface area contributed by atoms with Crippen molar-refractivity contribution in [3.63, 3.8) is 0 Å². The summed E-state index contributed by atoms with van der Waals surface area (Å²) in [6, 6.07) is 0. The van der Waals surface area contributed by atoms with Gasteiger partial charge in [0, 0.05) is 12.8 Å². The Balaban J connectivity index is 2.77. The van der Waals surface area contributed by atoms with Crippen LogP contribution in [0.1, 0.15) is 19.3 Å². The van der Waals surface area contributed by atoms with Gasteiger partial charge in [-0.15, -0.1) is 0 Å². The van der Waals surface area contributed by atoms with Crippen molar-refractivity contribution in [3.8, 4) is 11.8 Å². The van der Waals surface area contributed by atoms with Gasteiger partial charge >= 0.3 is 0 Å². The van der Waals surface area contributed by atoms with Gasteiger partial charge in [-0.3, -0.25) is 0 Å². The molecule has 0 spiro atoms. The fourth-order valence-corrected chi connectivity index (χ4v) is 0.265. The second-order valence-electron chi connectivity index (χ2n) is 1.21. The lowest BCUT2D eigenvalue weighted by molar-refractivity contribution is 0.903. The molecule has 0 unspecified atom stereocenters. The highest BCUT2D eigenvalue weighted by Crippen LogP contribution is 1.89. The van der Waals surface area contributed by atoms with Crippen LogP contribution in [0.15, 0.2) is 0 Å². The SMILES string of the molecule is [C]#CCCCC#[C]. The molecule has 0 heterocycles. The molecule has 0 N–H and O–H groups in total. The number of hydrogen-bond acceptors (Lipinski definition) is 0. The number of rotatable bonds is 2. The summed E-state index contributed by atoms with van der Waals surface area (Å²) >= 11 is 0. The van der Waals surface area contributed by atoms with Crippen LogP contribution < -0.4 is 0 Å². The van der Waals surface area contributed by atoms with Crippen LogP contribution in [0, 0.1) is 24.7 Å². The molecule has 0 aliphatic carbocycles. The normalized spacial score (nSPS) is 6.57. The molecule has 7 heavy (non-hydrogen) atoms. The Kier molecular flexibility index (Phi) is 4.48. The first-order chi connectivity index (χ1) is 3.41. The van der Waals surface area contributed by atoms with Crippen LogP contribution in [0.4, 0.5) is 0 Å². The molecule has 0 heteroatoms. The van der Waals surface area contributed by atoms with Gasteiger partial charge in [0.25, 0.3) is 0 Å². The van der Waals surface area contributed by atoms with E-state index < -0.39 is 0 Å². The van der Waals surface area contributed by atoms with Crippen molar-refractivity contribution in [1.29, 1.82) is 0 Å². The van der Waals surface area contributed by atoms with Gasteiger partial charge < -0.3 is 0 Å². The van der Waals surface area contributed by atoms with E-state index >= 15 is 0 Å². The van der Waals surface area contributed by atoms with Gasteiger partial charge in [0.1, 0.15) is 0 Å². The fraction of sp³-hybridized carbons (Fsp3) is 0.429. The second kappa shape index (κ2) is 5.12. The van der Waals surface area contributed by atoms with Gasteiger partial charge in [0.15, 0.2) is 0 Å². The van der Waals surface area contributed by atoms with Crippen LogP contribution in [-0.4, -0.2) is 0 Å². The third kappa shape index (κ3) is 5.12. The first kappa shape index (κ1) is 6.12. The Morgan fingerprint density at radius 2 is 1.43 bits per heavy atom. The van der Waals surface area contributed by atoms with E-state index in [0.717, 1.165) is 6.42 Å². The molecular formula is C7H6. The van der Waals surface area contributed by atoms with Crippen molar-refractivity contribution in [2.24, 2.45) is 0 Å². The third-order valence-corrected chi connectivity index (χ3v) is 0.604. The van der Waals surface area contributed by atoms with Gasteiger partial charge in [-0.2, -0.15) is 0 Å². The Morgan fingerprint density at radius 1 is 1.00 bits per heavy atom. The fourth-order valence-electron chi connectivity index (χ4n) is 0.265. The van der Waals surface area contributed by atoms with Crippen molar-refractivity contribution in [1.82, 2.24) is 0 Å². The maximum absolute atomic E-state index is 6.44. The lowest BCUT2D eigenvalue weighted by Crippen LogP contribution is -1.65. The Hall–Kier alpha value is -0.880. The first-order valence-corrected chi connectivity index (χ1v) is 2.21. The van der Waals surface area contributed by atoms with E-state index in [4.69, 9.17) is 12.8 Å². The molecule has 0 amide bonds. The molecule has 34 valence electrons. The van der Waals surface area contributed by atoms with Gasteiger partial charge in [-0.05, 0) is 19.3 Å². The highest BCUT2D eigenvalue weighted by Gasteiger charge is 1.75. The molecule has 2 radical (unpaired) electrons. The minimum Gasteiger partial charge on any atom is -0.0891 e. The van der Waals surface area contributed by atoms with Crippen molar-refractivity contribution >= 4 is 0 Å². The maximum atomic E-state index is 6.44. The third-order valence-electron chi connectivity index (χ3n) is 0.604. The molecule has 0 fully saturated rings. The minimum atomic E-state index is 0.659. The highest BCUT2D eigenvalue weighted by atomic mass is 13.8. The topological polar surface area (TPSA) is 0 Å². The molecule has 0 aliphatic heterocycles. The highest BCUT2D eigenvalue weighted by molar-refractivity contribution is 4.81. The molecule has 0 saturated carbocycles. The van der Waals surface area contributed by atoms with E-state index in [1.807, 2.05) is 0 Å². The predicted molar refractivity (Wildman–Crippen MR) is 28.1 cm³/mol. The van der Waals surface area contributed by atoms with Gasteiger partial charge in [-0.25, -0.2) is 0 Å². The van der Waals surface area contributed by atoms with E-state index in [0.29, 0.717) is 12.8 Å². The zero-order valence-electron chi connectivity index (χ0n) is 4.12. The molecule has 0 aromatic carbocycles. The van der Waals surface area contributed by atoms with Crippen LogP contribution in [-0.2, 0) is 0 Å². The molecule has 0 bridgehead atoms. The van der Waals surface area contributed by atoms with E-state index in [2.05, 4.69) is 11.8 Å². The molecule has 0 atom stereocenters. The van der Waals surface area contributed by atoms with Crippen molar-refractivity contribution in [2.45, 2.75) is 19.3 Å². The zero-order valence-corrected chi connectivity index (χ0v) is 4.12. The smallest absolute Gasteiger partial charge is 0.0108 e. The summed E-state index contributed by atoms with van der Waals surface area (Å²) in [5.41, 5.74) is 0. The largest absolute Gasteiger partial charge is 0.0891 e. The van der Waals surface area contributed by atoms with Gasteiger partial charge in [0.2, 0.25) is 0 Å². The van der Waals surface area contributed by atoms with Crippen LogP contribution in [0.3, 0.4) is 0 Å². The van der Waals surface area contributed by atoms with E-state index in [1.54, 1.807) is 0 Å². The minimum absolute atomic E-state index is 0.659. The molecule has 0 saturated heterocycles. The molecule has 0 rings (SSSR count). The van der Waals surface area contributed by atoms with Crippen molar-refractivity contribution in [3.05, 3.63) is 12.8 Å². The quantitative estimate of drug-likeness (QED) is 0.354. The van der Waals surface area contributed by atoms with Gasteiger partial charge in [-0.1, -0.05) is 11.8 Å². The summed E-state index contributed by atoms with van der Waals surface area (Å²) in [5, 5.41) is 0. The van der Waals surface area contributed by atoms with Crippen LogP contribution >= 0.6 is 0 Å². The number of hydrogen-bond donors (Lipinski definition) is 0. The average molecular weight is 90.1 g/mol. The van der Waals surface area contributed by atoms with Crippen LogP contribution in [0.2, 0.25) is 0 Å². The molecule has 0 aromatic heterocycles. The van der Waals surface area contributed by atoms with Crippen LogP contribution in [0.25, 0.3) is 0 Å². The first-order valence-electron chi connectivity index (χ1n) is 2.21. The standard InChI is InChI=1S/C7H6/c1-3-5-7-6-4-2/h5-7H2. The van der Waals surface area contributed by atoms with E-state index in [1.165, 1.54) is 0 Å². The molecule has 0 aliphatic rings. The summed E-state index contributed by atoms with van der Waals surface area (Å²) in [4.78, 5) is 0. The summed E-state index contributed by atoms with van der Waals surface area (Å²) in [5.74, 6) is 4.46. The summed E-state index contributed by atoms with van der Waals surface area (Å²) in [6.07, 6.45) is 15.0. The van der Waals surface area contributed by atoms with Gasteiger partial charge in [0.05, 0.1) is 0 Å². The summed E-state index contributed by atoms with van der Waals surface area (Å²) in [7, 11) is 0. The molecule has 0 nitrogen and oxygen atoms in total.